The number of nitrogens with zero attached hydrogens (tertiary/aromatic N) is 4. The Bertz CT molecular complexity index is 1440. The molecule has 3 aliphatic rings. The van der Waals surface area contributed by atoms with Crippen molar-refractivity contribution in [2.24, 2.45) is 0 Å². The summed E-state index contributed by atoms with van der Waals surface area (Å²) < 4.78 is 28.1. The average molecular weight is 567 g/mol. The zero-order valence-electron chi connectivity index (χ0n) is 22.1. The predicted octanol–water partition coefficient (Wildman–Crippen LogP) is 5.74. The molecule has 0 amide bonds. The number of benzene rings is 2. The SMILES string of the molecule is O=S(=O)(c1ccccc1Nc1nc(Nc2ccc3c(c2)CCC(N2CCCC2)CC3)ncc1Cl)N1CCCC1. The van der Waals surface area contributed by atoms with Crippen LogP contribution in [0.3, 0.4) is 0 Å². The second-order valence-corrected chi connectivity index (χ2v) is 13.0. The minimum Gasteiger partial charge on any atom is -0.338 e. The molecule has 6 rings (SSSR count). The molecule has 8 nitrogen and oxygen atoms in total. The van der Waals surface area contributed by atoms with Gasteiger partial charge in [-0.25, -0.2) is 13.4 Å². The van der Waals surface area contributed by atoms with Gasteiger partial charge in [0.1, 0.15) is 9.92 Å². The molecule has 3 heterocycles. The molecule has 0 bridgehead atoms. The minimum atomic E-state index is -3.62. The van der Waals surface area contributed by atoms with Gasteiger partial charge in [-0.05, 0) is 99.8 Å². The van der Waals surface area contributed by atoms with Crippen LogP contribution in [0.5, 0.6) is 0 Å². The van der Waals surface area contributed by atoms with Crippen LogP contribution in [-0.4, -0.2) is 59.8 Å². The highest BCUT2D eigenvalue weighted by Gasteiger charge is 2.29. The molecular formula is C29H35ClN6O2S. The lowest BCUT2D eigenvalue weighted by Crippen LogP contribution is -2.32. The first-order valence-electron chi connectivity index (χ1n) is 14.0. The van der Waals surface area contributed by atoms with Gasteiger partial charge in [0.05, 0.1) is 11.9 Å². The lowest BCUT2D eigenvalue weighted by molar-refractivity contribution is 0.222. The molecule has 1 aliphatic carbocycles. The number of hydrogen-bond acceptors (Lipinski definition) is 7. The van der Waals surface area contributed by atoms with Gasteiger partial charge in [-0.15, -0.1) is 0 Å². The van der Waals surface area contributed by atoms with E-state index in [1.807, 2.05) is 0 Å². The summed E-state index contributed by atoms with van der Waals surface area (Å²) in [6, 6.07) is 14.1. The van der Waals surface area contributed by atoms with E-state index in [2.05, 4.69) is 43.7 Å². The summed E-state index contributed by atoms with van der Waals surface area (Å²) in [4.78, 5) is 11.9. The van der Waals surface area contributed by atoms with E-state index < -0.39 is 10.0 Å². The minimum absolute atomic E-state index is 0.217. The first-order valence-corrected chi connectivity index (χ1v) is 15.8. The van der Waals surface area contributed by atoms with Crippen LogP contribution in [0.25, 0.3) is 0 Å². The molecule has 39 heavy (non-hydrogen) atoms. The number of nitrogens with one attached hydrogen (secondary N) is 2. The maximum atomic E-state index is 13.3. The Morgan fingerprint density at radius 1 is 0.872 bits per heavy atom. The van der Waals surface area contributed by atoms with E-state index in [1.165, 1.54) is 60.4 Å². The molecule has 1 atom stereocenters. The molecule has 2 aromatic carbocycles. The van der Waals surface area contributed by atoms with Crippen molar-refractivity contribution >= 4 is 44.8 Å². The van der Waals surface area contributed by atoms with Crippen molar-refractivity contribution in [1.29, 1.82) is 0 Å². The third kappa shape index (κ3) is 5.77. The van der Waals surface area contributed by atoms with E-state index in [-0.39, 0.29) is 4.90 Å². The van der Waals surface area contributed by atoms with E-state index in [0.717, 1.165) is 31.4 Å². The van der Waals surface area contributed by atoms with Crippen LogP contribution in [0.15, 0.2) is 53.6 Å². The topological polar surface area (TPSA) is 90.5 Å². The van der Waals surface area contributed by atoms with Crippen LogP contribution < -0.4 is 10.6 Å². The molecule has 0 spiro atoms. The number of likely N-dealkylation sites (tertiary alicyclic amines) is 1. The Balaban J connectivity index is 1.19. The Morgan fingerprint density at radius 2 is 1.59 bits per heavy atom. The third-order valence-electron chi connectivity index (χ3n) is 8.18. The molecule has 1 aromatic heterocycles. The Hall–Kier alpha value is -2.72. The van der Waals surface area contributed by atoms with Crippen LogP contribution >= 0.6 is 11.6 Å². The number of sulfonamides is 1. The second kappa shape index (κ2) is 11.4. The van der Waals surface area contributed by atoms with Gasteiger partial charge in [-0.2, -0.15) is 9.29 Å². The van der Waals surface area contributed by atoms with Gasteiger partial charge >= 0.3 is 0 Å². The smallest absolute Gasteiger partial charge is 0.245 e. The molecular weight excluding hydrogens is 532 g/mol. The molecule has 206 valence electrons. The fourth-order valence-corrected chi connectivity index (χ4v) is 7.88. The van der Waals surface area contributed by atoms with Gasteiger partial charge in [-0.3, -0.25) is 0 Å². The Labute approximate surface area is 235 Å². The summed E-state index contributed by atoms with van der Waals surface area (Å²) in [6.07, 6.45) is 10.6. The normalized spacial score (nSPS) is 20.5. The quantitative estimate of drug-likeness (QED) is 0.352. The molecule has 2 aliphatic heterocycles. The Kier molecular flexibility index (Phi) is 7.75. The van der Waals surface area contributed by atoms with Crippen molar-refractivity contribution in [2.45, 2.75) is 62.3 Å². The van der Waals surface area contributed by atoms with Crippen LogP contribution in [0.1, 0.15) is 49.7 Å². The highest BCUT2D eigenvalue weighted by atomic mass is 35.5. The van der Waals surface area contributed by atoms with Crippen molar-refractivity contribution in [3.8, 4) is 0 Å². The summed E-state index contributed by atoms with van der Waals surface area (Å²) in [7, 11) is -3.62. The number of halogens is 1. The average Bonchev–Trinajstić information content (AvgIpc) is 3.64. The standard InChI is InChI=1S/C29H35ClN6O2S/c30-25-20-31-29(32-23-12-9-21-10-13-24(14-11-22(21)19-23)35-15-3-4-16-35)34-28(25)33-26-7-1-2-8-27(26)39(37,38)36-17-5-6-18-36/h1-2,7-9,12,19-20,24H,3-6,10-11,13-18H2,(H2,31,32,33,34). The van der Waals surface area contributed by atoms with Crippen molar-refractivity contribution < 1.29 is 8.42 Å². The third-order valence-corrected chi connectivity index (χ3v) is 10.4. The van der Waals surface area contributed by atoms with E-state index in [4.69, 9.17) is 11.6 Å². The van der Waals surface area contributed by atoms with Crippen molar-refractivity contribution in [1.82, 2.24) is 19.2 Å². The maximum absolute atomic E-state index is 13.3. The number of aromatic nitrogens is 2. The predicted molar refractivity (Wildman–Crippen MR) is 156 cm³/mol. The molecule has 0 radical (unpaired) electrons. The van der Waals surface area contributed by atoms with Gasteiger partial charge in [0.25, 0.3) is 0 Å². The van der Waals surface area contributed by atoms with Crippen LogP contribution in [0.4, 0.5) is 23.1 Å². The highest BCUT2D eigenvalue weighted by molar-refractivity contribution is 7.89. The summed E-state index contributed by atoms with van der Waals surface area (Å²) in [5, 5.41) is 6.79. The molecule has 2 saturated heterocycles. The van der Waals surface area contributed by atoms with Gasteiger partial charge in [0, 0.05) is 24.8 Å². The molecule has 3 aromatic rings. The molecule has 0 saturated carbocycles. The Morgan fingerprint density at radius 3 is 2.38 bits per heavy atom. The summed E-state index contributed by atoms with van der Waals surface area (Å²) in [6.45, 7) is 3.57. The molecule has 2 N–H and O–H groups in total. The van der Waals surface area contributed by atoms with Crippen molar-refractivity contribution in [3.63, 3.8) is 0 Å². The van der Waals surface area contributed by atoms with Crippen molar-refractivity contribution in [2.75, 3.05) is 36.8 Å². The number of para-hydroxylation sites is 1. The summed E-state index contributed by atoms with van der Waals surface area (Å²) >= 11 is 6.44. The number of anilines is 4. The summed E-state index contributed by atoms with van der Waals surface area (Å²) in [5.74, 6) is 0.742. The maximum Gasteiger partial charge on any atom is 0.245 e. The molecule has 10 heteroatoms. The number of rotatable bonds is 7. The molecule has 2 fully saturated rings. The highest BCUT2D eigenvalue weighted by Crippen LogP contribution is 2.32. The fraction of sp³-hybridized carbons (Fsp3) is 0.448. The second-order valence-electron chi connectivity index (χ2n) is 10.7. The zero-order chi connectivity index (χ0) is 26.8. The van der Waals surface area contributed by atoms with Gasteiger partial charge in [-0.1, -0.05) is 29.8 Å². The number of fused-ring (bicyclic) bond motifs is 1. The monoisotopic (exact) mass is 566 g/mol. The van der Waals surface area contributed by atoms with Gasteiger partial charge < -0.3 is 15.5 Å². The van der Waals surface area contributed by atoms with Crippen molar-refractivity contribution in [3.05, 3.63) is 64.8 Å². The molecule has 1 unspecified atom stereocenters. The lowest BCUT2D eigenvalue weighted by Gasteiger charge is -2.25. The van der Waals surface area contributed by atoms with E-state index in [1.54, 1.807) is 24.3 Å². The van der Waals surface area contributed by atoms with Crippen LogP contribution in [-0.2, 0) is 22.9 Å². The zero-order valence-corrected chi connectivity index (χ0v) is 23.6. The van der Waals surface area contributed by atoms with E-state index >= 15 is 0 Å². The summed E-state index contributed by atoms with van der Waals surface area (Å²) in [5.41, 5.74) is 4.18. The number of hydrogen-bond donors (Lipinski definition) is 2. The van der Waals surface area contributed by atoms with E-state index in [0.29, 0.717) is 41.6 Å². The van der Waals surface area contributed by atoms with Gasteiger partial charge in [0.2, 0.25) is 16.0 Å². The lowest BCUT2D eigenvalue weighted by atomic mass is 10.0. The van der Waals surface area contributed by atoms with E-state index in [9.17, 15) is 8.42 Å². The fourth-order valence-electron chi connectivity index (χ4n) is 6.07. The number of aryl methyl sites for hydroxylation is 2. The van der Waals surface area contributed by atoms with Gasteiger partial charge in [0.15, 0.2) is 5.82 Å². The van der Waals surface area contributed by atoms with Crippen LogP contribution in [0.2, 0.25) is 5.02 Å². The van der Waals surface area contributed by atoms with Crippen LogP contribution in [0, 0.1) is 0 Å². The largest absolute Gasteiger partial charge is 0.338 e. The first-order chi connectivity index (χ1) is 19.0. The first kappa shape index (κ1) is 26.5.